The van der Waals surface area contributed by atoms with Crippen molar-refractivity contribution < 1.29 is 32.3 Å². The molecular formula is C18H20F3N5O5S. The number of alkyl halides is 3. The average molecular weight is 475 g/mol. The van der Waals surface area contributed by atoms with Gasteiger partial charge in [0.05, 0.1) is 19.9 Å². The summed E-state index contributed by atoms with van der Waals surface area (Å²) in [7, 11) is 2.98. The van der Waals surface area contributed by atoms with Crippen LogP contribution in [0.2, 0.25) is 0 Å². The Labute approximate surface area is 184 Å². The van der Waals surface area contributed by atoms with Gasteiger partial charge in [0, 0.05) is 30.8 Å². The zero-order chi connectivity index (χ0) is 23.9. The lowest BCUT2D eigenvalue weighted by Crippen LogP contribution is -2.38. The van der Waals surface area contributed by atoms with Crippen LogP contribution < -0.4 is 26.2 Å². The first-order valence-electron chi connectivity index (χ1n) is 8.97. The van der Waals surface area contributed by atoms with Gasteiger partial charge in [0.25, 0.3) is 5.56 Å². The topological polar surface area (TPSA) is 133 Å². The van der Waals surface area contributed by atoms with E-state index in [0.29, 0.717) is 29.2 Å². The van der Waals surface area contributed by atoms with Gasteiger partial charge in [-0.3, -0.25) is 14.8 Å². The molecule has 1 aromatic carbocycles. The molecule has 2 rings (SSSR count). The van der Waals surface area contributed by atoms with Gasteiger partial charge in [-0.05, 0) is 30.8 Å². The molecule has 0 bridgehead atoms. The average Bonchev–Trinajstić information content (AvgIpc) is 2.74. The van der Waals surface area contributed by atoms with Gasteiger partial charge in [-0.25, -0.2) is 4.79 Å². The van der Waals surface area contributed by atoms with E-state index in [4.69, 9.17) is 27.4 Å². The molecule has 2 aromatic rings. The monoisotopic (exact) mass is 475 g/mol. The maximum absolute atomic E-state index is 12.1. The molecule has 174 valence electrons. The van der Waals surface area contributed by atoms with Crippen molar-refractivity contribution >= 4 is 24.1 Å². The van der Waals surface area contributed by atoms with Gasteiger partial charge in [-0.15, -0.1) is 0 Å². The number of aromatic nitrogens is 2. The van der Waals surface area contributed by atoms with Crippen molar-refractivity contribution in [1.29, 1.82) is 0 Å². The van der Waals surface area contributed by atoms with E-state index < -0.39 is 23.7 Å². The number of methoxy groups -OCH3 is 2. The van der Waals surface area contributed by atoms with Gasteiger partial charge in [-0.2, -0.15) is 18.7 Å². The van der Waals surface area contributed by atoms with E-state index >= 15 is 0 Å². The van der Waals surface area contributed by atoms with Gasteiger partial charge in [0.15, 0.2) is 4.77 Å². The van der Waals surface area contributed by atoms with Gasteiger partial charge >= 0.3 is 12.1 Å². The predicted octanol–water partition coefficient (Wildman–Crippen LogP) is 1.90. The minimum absolute atomic E-state index is 0.0580. The van der Waals surface area contributed by atoms with Crippen molar-refractivity contribution in [2.24, 2.45) is 10.7 Å². The van der Waals surface area contributed by atoms with Crippen LogP contribution in [0.4, 0.5) is 13.2 Å². The minimum atomic E-state index is -5.16. The second-order valence-electron chi connectivity index (χ2n) is 6.15. The lowest BCUT2D eigenvalue weighted by molar-refractivity contribution is -0.203. The molecule has 0 aliphatic rings. The summed E-state index contributed by atoms with van der Waals surface area (Å²) < 4.78 is 48.6. The number of nitrogens with zero attached hydrogens (tertiary/aromatic N) is 2. The molecule has 10 nitrogen and oxygen atoms in total. The normalized spacial score (nSPS) is 11.7. The maximum Gasteiger partial charge on any atom is 0.493 e. The highest BCUT2D eigenvalue weighted by Gasteiger charge is 2.41. The van der Waals surface area contributed by atoms with E-state index in [0.717, 1.165) is 0 Å². The van der Waals surface area contributed by atoms with Crippen LogP contribution in [0.5, 0.6) is 11.5 Å². The zero-order valence-electron chi connectivity index (χ0n) is 17.0. The number of hydroxylamine groups is 1. The molecule has 32 heavy (non-hydrogen) atoms. The number of rotatable bonds is 7. The third kappa shape index (κ3) is 6.47. The number of carbonyl (C=O) groups is 1. The highest BCUT2D eigenvalue weighted by atomic mass is 32.1. The molecule has 0 saturated heterocycles. The quantitative estimate of drug-likeness (QED) is 0.182. The standard InChI is InChI=1S/C18H20F3N5O5S/c1-29-10-4-5-11(13(8-10)30-2)12-9-14(27)24-17(32)26(12)7-3-6-23-16(22)25-31-15(28)18(19,20)21/h4-5,8-9H,3,6-7H2,1-2H3,(H3,22,23,25)(H,24,27,32). The molecule has 4 N–H and O–H groups in total. The Morgan fingerprint density at radius 1 is 1.28 bits per heavy atom. The third-order valence-electron chi connectivity index (χ3n) is 4.02. The molecule has 0 aliphatic heterocycles. The summed E-state index contributed by atoms with van der Waals surface area (Å²) in [5.41, 5.74) is 7.66. The van der Waals surface area contributed by atoms with Gasteiger partial charge < -0.3 is 24.6 Å². The van der Waals surface area contributed by atoms with Gasteiger partial charge in [0.2, 0.25) is 5.96 Å². The van der Waals surface area contributed by atoms with Crippen molar-refractivity contribution in [3.05, 3.63) is 39.4 Å². The molecule has 0 amide bonds. The number of nitrogens with one attached hydrogen (secondary N) is 2. The molecule has 0 radical (unpaired) electrons. The molecule has 0 fully saturated rings. The van der Waals surface area contributed by atoms with Crippen LogP contribution in [0.1, 0.15) is 6.42 Å². The smallest absolute Gasteiger partial charge is 0.493 e. The van der Waals surface area contributed by atoms with E-state index in [2.05, 4.69) is 14.8 Å². The Hall–Kier alpha value is -3.55. The lowest BCUT2D eigenvalue weighted by Gasteiger charge is -2.16. The number of nitrogens with two attached hydrogens (primary N) is 1. The number of hydrogen-bond donors (Lipinski definition) is 3. The van der Waals surface area contributed by atoms with Crippen molar-refractivity contribution in [2.75, 3.05) is 20.8 Å². The first-order chi connectivity index (χ1) is 15.1. The van der Waals surface area contributed by atoms with Crippen LogP contribution in [0.25, 0.3) is 11.3 Å². The van der Waals surface area contributed by atoms with Crippen LogP contribution in [-0.4, -0.2) is 48.4 Å². The molecular weight excluding hydrogens is 455 g/mol. The number of hydrogen-bond acceptors (Lipinski definition) is 7. The number of aliphatic imine (C=N–C) groups is 1. The molecule has 1 aromatic heterocycles. The molecule has 0 unspecified atom stereocenters. The minimum Gasteiger partial charge on any atom is -0.497 e. The van der Waals surface area contributed by atoms with Gasteiger partial charge in [-0.1, -0.05) is 0 Å². The summed E-state index contributed by atoms with van der Waals surface area (Å²) in [6.07, 6.45) is -4.83. The predicted molar refractivity (Wildman–Crippen MR) is 111 cm³/mol. The van der Waals surface area contributed by atoms with Crippen molar-refractivity contribution in [1.82, 2.24) is 15.0 Å². The lowest BCUT2D eigenvalue weighted by atomic mass is 10.1. The summed E-state index contributed by atoms with van der Waals surface area (Å²) in [4.78, 5) is 32.7. The van der Waals surface area contributed by atoms with E-state index in [1.165, 1.54) is 20.3 Å². The Bertz CT molecular complexity index is 1110. The Morgan fingerprint density at radius 3 is 2.62 bits per heavy atom. The van der Waals surface area contributed by atoms with Crippen molar-refractivity contribution in [3.8, 4) is 22.8 Å². The Balaban J connectivity index is 2.16. The highest BCUT2D eigenvalue weighted by Crippen LogP contribution is 2.32. The van der Waals surface area contributed by atoms with Crippen LogP contribution >= 0.6 is 12.2 Å². The van der Waals surface area contributed by atoms with Crippen molar-refractivity contribution in [3.63, 3.8) is 0 Å². The first kappa shape index (κ1) is 24.7. The molecule has 0 atom stereocenters. The van der Waals surface area contributed by atoms with E-state index in [-0.39, 0.29) is 17.9 Å². The summed E-state index contributed by atoms with van der Waals surface area (Å²) in [6.45, 7) is 0.335. The van der Waals surface area contributed by atoms with Crippen LogP contribution in [0.15, 0.2) is 34.1 Å². The maximum atomic E-state index is 12.1. The third-order valence-corrected chi connectivity index (χ3v) is 4.34. The molecule has 14 heteroatoms. The summed E-state index contributed by atoms with van der Waals surface area (Å²) >= 11 is 5.27. The first-order valence-corrected chi connectivity index (χ1v) is 9.38. The zero-order valence-corrected chi connectivity index (χ0v) is 17.8. The van der Waals surface area contributed by atoms with Gasteiger partial charge in [0.1, 0.15) is 11.5 Å². The fourth-order valence-corrected chi connectivity index (χ4v) is 2.88. The molecule has 1 heterocycles. The molecule has 0 spiro atoms. The highest BCUT2D eigenvalue weighted by molar-refractivity contribution is 7.71. The van der Waals surface area contributed by atoms with Crippen molar-refractivity contribution in [2.45, 2.75) is 19.1 Å². The van der Waals surface area contributed by atoms with E-state index in [9.17, 15) is 22.8 Å². The fraction of sp³-hybridized carbons (Fsp3) is 0.333. The number of benzene rings is 1. The SMILES string of the molecule is COc1ccc(-c2cc(=O)[nH]c(=S)n2CCCN=C(N)NOC(=O)C(F)(F)F)c(OC)c1. The number of aromatic amines is 1. The number of H-pyrrole nitrogens is 1. The van der Waals surface area contributed by atoms with Crippen LogP contribution in [0, 0.1) is 4.77 Å². The second-order valence-corrected chi connectivity index (χ2v) is 6.54. The number of carbonyl (C=O) groups excluding carboxylic acids is 1. The summed E-state index contributed by atoms with van der Waals surface area (Å²) in [6, 6.07) is 6.43. The Kier molecular flexibility index (Phi) is 8.23. The fourth-order valence-electron chi connectivity index (χ4n) is 2.59. The number of halogens is 3. The van der Waals surface area contributed by atoms with E-state index in [1.54, 1.807) is 28.2 Å². The summed E-state index contributed by atoms with van der Waals surface area (Å²) in [5, 5.41) is 0. The second kappa shape index (κ2) is 10.7. The number of guanidine groups is 1. The van der Waals surface area contributed by atoms with Crippen LogP contribution in [-0.2, 0) is 16.2 Å². The molecule has 0 saturated carbocycles. The van der Waals surface area contributed by atoms with E-state index in [1.807, 2.05) is 0 Å². The summed E-state index contributed by atoms with van der Waals surface area (Å²) in [5.74, 6) is -1.95. The largest absolute Gasteiger partial charge is 0.497 e. The molecule has 0 aliphatic carbocycles. The number of ether oxygens (including phenoxy) is 2. The van der Waals surface area contributed by atoms with Crippen LogP contribution in [0.3, 0.4) is 0 Å². The Morgan fingerprint density at radius 2 is 2.00 bits per heavy atom.